The molecule has 0 aliphatic rings. The maximum Gasteiger partial charge on any atom is 0.240 e. The predicted molar refractivity (Wildman–Crippen MR) is 57.4 cm³/mol. The Balaban J connectivity index is 2.94. The van der Waals surface area contributed by atoms with Gasteiger partial charge in [0.2, 0.25) is 6.08 Å². The van der Waals surface area contributed by atoms with Crippen LogP contribution in [0.1, 0.15) is 0 Å². The molecule has 2 rings (SSSR count). The van der Waals surface area contributed by atoms with E-state index in [0.717, 1.165) is 17.4 Å². The number of isocyanates is 1. The van der Waals surface area contributed by atoms with Crippen molar-refractivity contribution in [2.75, 3.05) is 0 Å². The third kappa shape index (κ3) is 1.75. The molecule has 0 spiro atoms. The van der Waals surface area contributed by atoms with E-state index in [1.807, 2.05) is 0 Å². The van der Waals surface area contributed by atoms with Crippen molar-refractivity contribution in [3.63, 3.8) is 0 Å². The summed E-state index contributed by atoms with van der Waals surface area (Å²) in [7, 11) is 0. The number of hydrogen-bond donors (Lipinski definition) is 0. The standard InChI is InChI=1S/C8HCl2FN2OS/c9-3-1-4(11)6(12-2-14)7-5(3)13-8(10)15-7/h1H. The average molecular weight is 263 g/mol. The molecule has 1 aromatic heterocycles. The molecule has 0 aliphatic heterocycles. The van der Waals surface area contributed by atoms with Crippen LogP contribution in [0.4, 0.5) is 10.1 Å². The lowest BCUT2D eigenvalue weighted by Crippen LogP contribution is -1.79. The minimum absolute atomic E-state index is 0.131. The number of thiazole rings is 1. The topological polar surface area (TPSA) is 42.3 Å². The number of aliphatic imine (C=N–C) groups is 1. The zero-order valence-corrected chi connectivity index (χ0v) is 9.25. The van der Waals surface area contributed by atoms with Crippen molar-refractivity contribution in [3.8, 4) is 0 Å². The predicted octanol–water partition coefficient (Wildman–Crippen LogP) is 3.71. The summed E-state index contributed by atoms with van der Waals surface area (Å²) in [4.78, 5) is 17.3. The van der Waals surface area contributed by atoms with Crippen LogP contribution in [0, 0.1) is 5.82 Å². The smallest absolute Gasteiger partial charge is 0.223 e. The highest BCUT2D eigenvalue weighted by molar-refractivity contribution is 7.22. The highest BCUT2D eigenvalue weighted by Crippen LogP contribution is 2.39. The van der Waals surface area contributed by atoms with Gasteiger partial charge >= 0.3 is 0 Å². The normalized spacial score (nSPS) is 10.3. The number of aromatic nitrogens is 1. The fourth-order valence-corrected chi connectivity index (χ4v) is 2.52. The van der Waals surface area contributed by atoms with Crippen LogP contribution in [0.5, 0.6) is 0 Å². The number of carbonyl (C=O) groups excluding carboxylic acids is 1. The number of fused-ring (bicyclic) bond motifs is 1. The molecule has 2 aromatic rings. The summed E-state index contributed by atoms with van der Waals surface area (Å²) in [6, 6.07) is 1.04. The van der Waals surface area contributed by atoms with Crippen molar-refractivity contribution < 1.29 is 9.18 Å². The van der Waals surface area contributed by atoms with Gasteiger partial charge in [-0.05, 0) is 6.07 Å². The maximum absolute atomic E-state index is 13.4. The van der Waals surface area contributed by atoms with Crippen molar-refractivity contribution >= 4 is 56.5 Å². The van der Waals surface area contributed by atoms with E-state index in [4.69, 9.17) is 23.2 Å². The van der Waals surface area contributed by atoms with E-state index in [0.29, 0.717) is 10.2 Å². The molecule has 0 bridgehead atoms. The number of benzene rings is 1. The molecule has 0 fully saturated rings. The molecule has 0 unspecified atom stereocenters. The van der Waals surface area contributed by atoms with E-state index in [-0.39, 0.29) is 15.2 Å². The average Bonchev–Trinajstić information content (AvgIpc) is 2.55. The molecule has 0 saturated heterocycles. The van der Waals surface area contributed by atoms with E-state index >= 15 is 0 Å². The summed E-state index contributed by atoms with van der Waals surface area (Å²) in [6.45, 7) is 0. The van der Waals surface area contributed by atoms with Crippen LogP contribution in [0.15, 0.2) is 11.1 Å². The van der Waals surface area contributed by atoms with Crippen LogP contribution in [-0.4, -0.2) is 11.1 Å². The molecule has 0 radical (unpaired) electrons. The molecular formula is C8HCl2FN2OS. The van der Waals surface area contributed by atoms with Crippen molar-refractivity contribution in [1.82, 2.24) is 4.98 Å². The molecule has 0 amide bonds. The monoisotopic (exact) mass is 262 g/mol. The second-order valence-electron chi connectivity index (χ2n) is 2.54. The minimum atomic E-state index is -0.698. The molecule has 1 heterocycles. The van der Waals surface area contributed by atoms with Gasteiger partial charge < -0.3 is 0 Å². The largest absolute Gasteiger partial charge is 0.240 e. The van der Waals surface area contributed by atoms with Gasteiger partial charge in [0, 0.05) is 0 Å². The van der Waals surface area contributed by atoms with Gasteiger partial charge in [0.05, 0.1) is 9.72 Å². The summed E-state index contributed by atoms with van der Waals surface area (Å²) < 4.78 is 13.9. The third-order valence-electron chi connectivity index (χ3n) is 1.68. The number of hydrogen-bond acceptors (Lipinski definition) is 4. The Kier molecular flexibility index (Phi) is 2.71. The molecule has 1 aromatic carbocycles. The zero-order chi connectivity index (χ0) is 11.0. The lowest BCUT2D eigenvalue weighted by atomic mass is 10.3. The first-order valence-corrected chi connectivity index (χ1v) is 5.22. The van der Waals surface area contributed by atoms with Gasteiger partial charge in [-0.2, -0.15) is 4.99 Å². The van der Waals surface area contributed by atoms with Gasteiger partial charge in [0.15, 0.2) is 10.3 Å². The summed E-state index contributed by atoms with van der Waals surface area (Å²) in [6.07, 6.45) is 1.27. The molecule has 0 aliphatic carbocycles. The number of halogens is 3. The van der Waals surface area contributed by atoms with Crippen LogP contribution in [-0.2, 0) is 4.79 Å². The molecule has 0 saturated carbocycles. The van der Waals surface area contributed by atoms with Gasteiger partial charge in [0.25, 0.3) is 0 Å². The Labute approximate surface area is 97.2 Å². The van der Waals surface area contributed by atoms with E-state index in [1.165, 1.54) is 6.08 Å². The molecular weight excluding hydrogens is 262 g/mol. The Bertz CT molecular complexity index is 592. The third-order valence-corrected chi connectivity index (χ3v) is 3.13. The second-order valence-corrected chi connectivity index (χ2v) is 4.52. The van der Waals surface area contributed by atoms with Crippen molar-refractivity contribution in [2.45, 2.75) is 0 Å². The summed E-state index contributed by atoms with van der Waals surface area (Å²) in [5.41, 5.74) is 0.205. The fourth-order valence-electron chi connectivity index (χ4n) is 1.12. The van der Waals surface area contributed by atoms with Gasteiger partial charge in [-0.25, -0.2) is 14.2 Å². The lowest BCUT2D eigenvalue weighted by molar-refractivity contribution is 0.564. The Morgan fingerprint density at radius 2 is 2.27 bits per heavy atom. The van der Waals surface area contributed by atoms with E-state index in [9.17, 15) is 9.18 Å². The molecule has 76 valence electrons. The molecule has 3 nitrogen and oxygen atoms in total. The summed E-state index contributed by atoms with van der Waals surface area (Å²) in [5.74, 6) is -0.698. The fraction of sp³-hybridized carbons (Fsp3) is 0. The molecule has 15 heavy (non-hydrogen) atoms. The van der Waals surface area contributed by atoms with Gasteiger partial charge in [-0.15, -0.1) is 0 Å². The highest BCUT2D eigenvalue weighted by Gasteiger charge is 2.15. The summed E-state index contributed by atoms with van der Waals surface area (Å²) >= 11 is 12.4. The van der Waals surface area contributed by atoms with Crippen LogP contribution in [0.25, 0.3) is 10.2 Å². The SMILES string of the molecule is O=C=Nc1c(F)cc(Cl)c2nc(Cl)sc12. The summed E-state index contributed by atoms with van der Waals surface area (Å²) in [5, 5.41) is 0.135. The van der Waals surface area contributed by atoms with Crippen molar-refractivity contribution in [2.24, 2.45) is 4.99 Å². The quantitative estimate of drug-likeness (QED) is 0.581. The van der Waals surface area contributed by atoms with Crippen LogP contribution >= 0.6 is 34.5 Å². The van der Waals surface area contributed by atoms with Crippen LogP contribution in [0.3, 0.4) is 0 Å². The Morgan fingerprint density at radius 1 is 1.53 bits per heavy atom. The first-order chi connectivity index (χ1) is 7.13. The van der Waals surface area contributed by atoms with Crippen molar-refractivity contribution in [3.05, 3.63) is 21.4 Å². The lowest BCUT2D eigenvalue weighted by Gasteiger charge is -1.97. The molecule has 0 atom stereocenters. The van der Waals surface area contributed by atoms with Crippen molar-refractivity contribution in [1.29, 1.82) is 0 Å². The van der Waals surface area contributed by atoms with E-state index in [2.05, 4.69) is 9.98 Å². The molecule has 0 N–H and O–H groups in total. The Hall–Kier alpha value is -1.000. The van der Waals surface area contributed by atoms with E-state index in [1.54, 1.807) is 0 Å². The van der Waals surface area contributed by atoms with Crippen LogP contribution in [0.2, 0.25) is 9.49 Å². The maximum atomic E-state index is 13.4. The number of rotatable bonds is 1. The first-order valence-electron chi connectivity index (χ1n) is 3.65. The zero-order valence-electron chi connectivity index (χ0n) is 6.92. The van der Waals surface area contributed by atoms with Crippen LogP contribution < -0.4 is 0 Å². The number of nitrogens with zero attached hydrogens (tertiary/aromatic N) is 2. The Morgan fingerprint density at radius 3 is 2.93 bits per heavy atom. The van der Waals surface area contributed by atoms with Gasteiger partial charge in [0.1, 0.15) is 11.2 Å². The van der Waals surface area contributed by atoms with E-state index < -0.39 is 5.82 Å². The second kappa shape index (κ2) is 3.87. The molecule has 7 heteroatoms. The van der Waals surface area contributed by atoms with Gasteiger partial charge in [-0.1, -0.05) is 34.5 Å². The minimum Gasteiger partial charge on any atom is -0.223 e. The van der Waals surface area contributed by atoms with Gasteiger partial charge in [-0.3, -0.25) is 0 Å². The first kappa shape index (κ1) is 10.5. The highest BCUT2D eigenvalue weighted by atomic mass is 35.5.